The van der Waals surface area contributed by atoms with Crippen molar-refractivity contribution in [3.05, 3.63) is 11.9 Å². The summed E-state index contributed by atoms with van der Waals surface area (Å²) in [5, 5.41) is 14.0. The molecule has 1 aromatic rings. The van der Waals surface area contributed by atoms with Crippen LogP contribution < -0.4 is 5.32 Å². The van der Waals surface area contributed by atoms with Gasteiger partial charge in [0.2, 0.25) is 0 Å². The summed E-state index contributed by atoms with van der Waals surface area (Å²) in [7, 11) is 0. The number of hydrogen-bond donors (Lipinski definition) is 2. The zero-order valence-corrected chi connectivity index (χ0v) is 8.76. The molecule has 0 spiro atoms. The Balaban J connectivity index is 2.81. The van der Waals surface area contributed by atoms with Crippen molar-refractivity contribution in [3.8, 4) is 0 Å². The fourth-order valence-electron chi connectivity index (χ4n) is 1.41. The van der Waals surface area contributed by atoms with Gasteiger partial charge < -0.3 is 5.32 Å². The molecule has 0 radical (unpaired) electrons. The Kier molecular flexibility index (Phi) is 3.03. The monoisotopic (exact) mass is 182 g/mol. The summed E-state index contributed by atoms with van der Waals surface area (Å²) in [5.41, 5.74) is 1.14. The Morgan fingerprint density at radius 2 is 2.23 bits per heavy atom. The van der Waals surface area contributed by atoms with E-state index in [1.165, 1.54) is 0 Å². The highest BCUT2D eigenvalue weighted by Crippen LogP contribution is 2.30. The molecule has 74 valence electrons. The lowest BCUT2D eigenvalue weighted by molar-refractivity contribution is 0.271. The molecule has 2 N–H and O–H groups in total. The minimum Gasteiger partial charge on any atom is -0.308 e. The van der Waals surface area contributed by atoms with Crippen molar-refractivity contribution >= 4 is 0 Å². The normalized spacial score (nSPS) is 14.5. The summed E-state index contributed by atoms with van der Waals surface area (Å²) in [6, 6.07) is 0.260. The van der Waals surface area contributed by atoms with Gasteiger partial charge in [0.15, 0.2) is 0 Å². The van der Waals surface area contributed by atoms with E-state index in [-0.39, 0.29) is 11.5 Å². The molecule has 0 aliphatic rings. The Labute approximate surface area is 79.1 Å². The first-order valence-electron chi connectivity index (χ1n) is 4.64. The van der Waals surface area contributed by atoms with E-state index in [2.05, 4.69) is 48.4 Å². The SMILES string of the molecule is CCNC(c1cn[nH]n1)C(C)(C)C. The Hall–Kier alpha value is -0.900. The lowest BCUT2D eigenvalue weighted by Crippen LogP contribution is -2.32. The summed E-state index contributed by atoms with van der Waals surface area (Å²) in [5.74, 6) is 0. The van der Waals surface area contributed by atoms with E-state index in [0.29, 0.717) is 0 Å². The number of hydrogen-bond acceptors (Lipinski definition) is 3. The fraction of sp³-hybridized carbons (Fsp3) is 0.778. The molecule has 1 rings (SSSR count). The van der Waals surface area contributed by atoms with Gasteiger partial charge in [-0.05, 0) is 12.0 Å². The van der Waals surface area contributed by atoms with E-state index in [9.17, 15) is 0 Å². The largest absolute Gasteiger partial charge is 0.308 e. The van der Waals surface area contributed by atoms with Crippen LogP contribution >= 0.6 is 0 Å². The highest BCUT2D eigenvalue weighted by atomic mass is 15.3. The highest BCUT2D eigenvalue weighted by molar-refractivity contribution is 5.04. The zero-order chi connectivity index (χ0) is 9.90. The second-order valence-corrected chi connectivity index (χ2v) is 4.25. The van der Waals surface area contributed by atoms with Crippen molar-refractivity contribution in [3.63, 3.8) is 0 Å². The molecular formula is C9H18N4. The van der Waals surface area contributed by atoms with Gasteiger partial charge in [-0.25, -0.2) is 0 Å². The van der Waals surface area contributed by atoms with E-state index in [1.54, 1.807) is 6.20 Å². The predicted molar refractivity (Wildman–Crippen MR) is 52.3 cm³/mol. The highest BCUT2D eigenvalue weighted by Gasteiger charge is 2.27. The molecule has 0 bridgehead atoms. The van der Waals surface area contributed by atoms with Crippen molar-refractivity contribution in [1.82, 2.24) is 20.7 Å². The van der Waals surface area contributed by atoms with Crippen LogP contribution in [0, 0.1) is 5.41 Å². The smallest absolute Gasteiger partial charge is 0.0999 e. The van der Waals surface area contributed by atoms with Gasteiger partial charge in [-0.15, -0.1) is 0 Å². The minimum atomic E-state index is 0.160. The van der Waals surface area contributed by atoms with Gasteiger partial charge in [-0.3, -0.25) is 0 Å². The molecule has 1 aromatic heterocycles. The lowest BCUT2D eigenvalue weighted by Gasteiger charge is -2.29. The van der Waals surface area contributed by atoms with Crippen molar-refractivity contribution in [1.29, 1.82) is 0 Å². The summed E-state index contributed by atoms with van der Waals surface area (Å²) in [4.78, 5) is 0. The molecule has 4 heteroatoms. The number of nitrogens with one attached hydrogen (secondary N) is 2. The van der Waals surface area contributed by atoms with Gasteiger partial charge >= 0.3 is 0 Å². The molecule has 13 heavy (non-hydrogen) atoms. The Morgan fingerprint density at radius 1 is 1.54 bits per heavy atom. The molecular weight excluding hydrogens is 164 g/mol. The average Bonchev–Trinajstić information content (AvgIpc) is 2.49. The number of aromatic amines is 1. The van der Waals surface area contributed by atoms with Crippen LogP contribution in [-0.4, -0.2) is 22.0 Å². The van der Waals surface area contributed by atoms with Crippen molar-refractivity contribution in [2.75, 3.05) is 6.54 Å². The topological polar surface area (TPSA) is 53.6 Å². The summed E-state index contributed by atoms with van der Waals surface area (Å²) in [6.45, 7) is 9.60. The van der Waals surface area contributed by atoms with Crippen molar-refractivity contribution in [2.24, 2.45) is 5.41 Å². The number of rotatable bonds is 3. The molecule has 0 saturated carbocycles. The van der Waals surface area contributed by atoms with Gasteiger partial charge in [0, 0.05) is 0 Å². The molecule has 0 aromatic carbocycles. The minimum absolute atomic E-state index is 0.160. The first kappa shape index (κ1) is 10.2. The molecule has 1 heterocycles. The Bertz CT molecular complexity index is 235. The van der Waals surface area contributed by atoms with E-state index in [4.69, 9.17) is 0 Å². The van der Waals surface area contributed by atoms with Crippen LogP contribution in [0.15, 0.2) is 6.20 Å². The summed E-state index contributed by atoms with van der Waals surface area (Å²) >= 11 is 0. The standard InChI is InChI=1S/C9H18N4/c1-5-10-8(9(2,3)4)7-6-11-13-12-7/h6,8,10H,5H2,1-4H3,(H,11,12,13). The molecule has 4 nitrogen and oxygen atoms in total. The zero-order valence-electron chi connectivity index (χ0n) is 8.76. The predicted octanol–water partition coefficient (Wildman–Crippen LogP) is 1.50. The fourth-order valence-corrected chi connectivity index (χ4v) is 1.41. The van der Waals surface area contributed by atoms with Gasteiger partial charge in [-0.1, -0.05) is 27.7 Å². The molecule has 0 aliphatic carbocycles. The van der Waals surface area contributed by atoms with Gasteiger partial charge in [0.05, 0.1) is 17.9 Å². The third kappa shape index (κ3) is 2.52. The van der Waals surface area contributed by atoms with Gasteiger partial charge in [-0.2, -0.15) is 15.4 Å². The molecule has 1 unspecified atom stereocenters. The first-order chi connectivity index (χ1) is 6.05. The number of H-pyrrole nitrogens is 1. The third-order valence-corrected chi connectivity index (χ3v) is 2.00. The maximum atomic E-state index is 4.10. The average molecular weight is 182 g/mol. The lowest BCUT2D eigenvalue weighted by atomic mass is 9.85. The molecule has 0 aliphatic heterocycles. The number of nitrogens with zero attached hydrogens (tertiary/aromatic N) is 2. The van der Waals surface area contributed by atoms with Crippen LogP contribution in [-0.2, 0) is 0 Å². The van der Waals surface area contributed by atoms with Crippen LogP contribution in [0.5, 0.6) is 0 Å². The summed E-state index contributed by atoms with van der Waals surface area (Å²) in [6.07, 6.45) is 1.78. The Morgan fingerprint density at radius 3 is 2.62 bits per heavy atom. The third-order valence-electron chi connectivity index (χ3n) is 2.00. The van der Waals surface area contributed by atoms with E-state index >= 15 is 0 Å². The van der Waals surface area contributed by atoms with Crippen LogP contribution in [0.25, 0.3) is 0 Å². The second-order valence-electron chi connectivity index (χ2n) is 4.25. The summed E-state index contributed by atoms with van der Waals surface area (Å²) < 4.78 is 0. The number of aromatic nitrogens is 3. The first-order valence-corrected chi connectivity index (χ1v) is 4.64. The molecule has 1 atom stereocenters. The molecule has 0 amide bonds. The molecule has 0 fully saturated rings. The van der Waals surface area contributed by atoms with Crippen LogP contribution in [0.1, 0.15) is 39.4 Å². The van der Waals surface area contributed by atoms with E-state index < -0.39 is 0 Å². The van der Waals surface area contributed by atoms with E-state index in [1.807, 2.05) is 0 Å². The van der Waals surface area contributed by atoms with Crippen molar-refractivity contribution < 1.29 is 0 Å². The maximum absolute atomic E-state index is 4.10. The van der Waals surface area contributed by atoms with Gasteiger partial charge in [0.1, 0.15) is 0 Å². The van der Waals surface area contributed by atoms with Gasteiger partial charge in [0.25, 0.3) is 0 Å². The maximum Gasteiger partial charge on any atom is 0.0999 e. The van der Waals surface area contributed by atoms with Crippen LogP contribution in [0.4, 0.5) is 0 Å². The van der Waals surface area contributed by atoms with Crippen LogP contribution in [0.2, 0.25) is 0 Å². The van der Waals surface area contributed by atoms with E-state index in [0.717, 1.165) is 12.2 Å². The van der Waals surface area contributed by atoms with Crippen LogP contribution in [0.3, 0.4) is 0 Å². The molecule has 0 saturated heterocycles. The second kappa shape index (κ2) is 3.87. The quantitative estimate of drug-likeness (QED) is 0.745. The van der Waals surface area contributed by atoms with Crippen molar-refractivity contribution in [2.45, 2.75) is 33.7 Å².